The Hall–Kier alpha value is -2.88. The van der Waals surface area contributed by atoms with E-state index in [2.05, 4.69) is 41.5 Å². The van der Waals surface area contributed by atoms with Crippen molar-refractivity contribution >= 4 is 25.9 Å². The van der Waals surface area contributed by atoms with Crippen molar-refractivity contribution in [2.24, 2.45) is 0 Å². The van der Waals surface area contributed by atoms with Crippen molar-refractivity contribution in [1.82, 2.24) is 4.90 Å². The lowest BCUT2D eigenvalue weighted by Gasteiger charge is -2.42. The highest BCUT2D eigenvalue weighted by Crippen LogP contribution is 2.46. The van der Waals surface area contributed by atoms with E-state index in [1.54, 1.807) is 0 Å². The minimum absolute atomic E-state index is 0.111. The molecule has 1 fully saturated rings. The Morgan fingerprint density at radius 1 is 1.09 bits per heavy atom. The van der Waals surface area contributed by atoms with Crippen LogP contribution in [0.15, 0.2) is 23.3 Å². The Morgan fingerprint density at radius 3 is 2.03 bits per heavy atom. The number of carboxylic acid groups (broad SMARTS) is 1. The molecule has 35 heavy (non-hydrogen) atoms. The summed E-state index contributed by atoms with van der Waals surface area (Å²) >= 11 is 0. The van der Waals surface area contributed by atoms with Crippen LogP contribution in [0.3, 0.4) is 0 Å². The summed E-state index contributed by atoms with van der Waals surface area (Å²) in [7, 11) is -1.05. The van der Waals surface area contributed by atoms with Crippen molar-refractivity contribution in [1.29, 1.82) is 0 Å². The molecule has 1 unspecified atom stereocenters. The normalized spacial score (nSPS) is 16.3. The average Bonchev–Trinajstić information content (AvgIpc) is 3.21. The molecule has 1 amide bonds. The Kier molecular flexibility index (Phi) is 8.75. The number of carbonyl (C=O) groups is 2. The van der Waals surface area contributed by atoms with E-state index >= 15 is 0 Å². The highest BCUT2D eigenvalue weighted by molar-refractivity contribution is 6.78. The second kappa shape index (κ2) is 10.8. The van der Waals surface area contributed by atoms with Crippen LogP contribution in [0.2, 0.25) is 16.6 Å². The molecule has 1 aliphatic heterocycles. The molecule has 1 aromatic rings. The zero-order valence-electron chi connectivity index (χ0n) is 22.2. The van der Waals surface area contributed by atoms with E-state index in [9.17, 15) is 24.8 Å². The van der Waals surface area contributed by atoms with Crippen LogP contribution in [-0.4, -0.2) is 54.8 Å². The minimum Gasteiger partial charge on any atom is -0.540 e. The van der Waals surface area contributed by atoms with Gasteiger partial charge in [0.25, 0.3) is 19.9 Å². The second-order valence-electron chi connectivity index (χ2n) is 10.3. The number of likely N-dealkylation sites (tertiary alicyclic amines) is 1. The molecule has 9 nitrogen and oxygen atoms in total. The number of hydrogen-bond donors (Lipinski definition) is 1. The Bertz CT molecular complexity index is 1010. The van der Waals surface area contributed by atoms with Crippen molar-refractivity contribution in [3.8, 4) is 11.5 Å². The molecule has 1 aromatic carbocycles. The fourth-order valence-corrected chi connectivity index (χ4v) is 10.6. The molecular weight excluding hydrogens is 468 g/mol. The average molecular weight is 507 g/mol. The molecule has 2 rings (SSSR count). The number of carboxylic acids is 1. The number of nitro benzene ring substituents is 1. The van der Waals surface area contributed by atoms with E-state index in [4.69, 9.17) is 9.16 Å². The number of amides is 1. The number of carbonyl (C=O) groups excluding carboxylic acids is 1. The number of nitro groups is 1. The number of methoxy groups -OCH3 is 1. The lowest BCUT2D eigenvalue weighted by Crippen LogP contribution is -2.50. The fraction of sp³-hybridized carbons (Fsp3) is 0.600. The Balaban J connectivity index is 2.66. The topological polar surface area (TPSA) is 119 Å². The van der Waals surface area contributed by atoms with Crippen molar-refractivity contribution in [2.75, 3.05) is 13.7 Å². The summed E-state index contributed by atoms with van der Waals surface area (Å²) in [5.74, 6) is -1.41. The minimum atomic E-state index is -2.47. The Labute approximate surface area is 208 Å². The van der Waals surface area contributed by atoms with Gasteiger partial charge in [-0.25, -0.2) is 4.79 Å². The van der Waals surface area contributed by atoms with Gasteiger partial charge in [-0.1, -0.05) is 47.1 Å². The summed E-state index contributed by atoms with van der Waals surface area (Å²) in [6.45, 7) is 16.4. The zero-order chi connectivity index (χ0) is 26.8. The van der Waals surface area contributed by atoms with Crippen molar-refractivity contribution in [2.45, 2.75) is 84.5 Å². The smallest absolute Gasteiger partial charge is 0.326 e. The maximum Gasteiger partial charge on any atom is 0.326 e. The van der Waals surface area contributed by atoms with Gasteiger partial charge in [-0.3, -0.25) is 14.9 Å². The largest absolute Gasteiger partial charge is 0.540 e. The van der Waals surface area contributed by atoms with Gasteiger partial charge >= 0.3 is 5.97 Å². The van der Waals surface area contributed by atoms with E-state index in [-0.39, 0.29) is 46.7 Å². The molecule has 1 aliphatic rings. The van der Waals surface area contributed by atoms with Crippen LogP contribution in [0.4, 0.5) is 5.69 Å². The van der Waals surface area contributed by atoms with Crippen LogP contribution in [0.25, 0.3) is 0 Å². The van der Waals surface area contributed by atoms with E-state index in [0.717, 1.165) is 11.1 Å². The number of benzene rings is 1. The summed E-state index contributed by atoms with van der Waals surface area (Å²) in [6.07, 6.45) is 0.195. The molecule has 10 heteroatoms. The standard InChI is InChI=1S/C25H38N2O7Si/c1-14(2)18-10-21(25(29)30)26(13-18)24(28)19-11-22(33-9)23(12-20(19)27(31)32)34-35(15(3)4,16(5)6)17(7)8/h11-12,15-17,21H,10,13H2,1-9H3,(H,29,30). The lowest BCUT2D eigenvalue weighted by atomic mass is 10.1. The number of aliphatic carboxylic acids is 1. The number of nitrogens with zero attached hydrogens (tertiary/aromatic N) is 2. The predicted molar refractivity (Wildman–Crippen MR) is 137 cm³/mol. The van der Waals surface area contributed by atoms with E-state index in [1.807, 2.05) is 13.8 Å². The Morgan fingerprint density at radius 2 is 1.63 bits per heavy atom. The molecule has 1 N–H and O–H groups in total. The maximum absolute atomic E-state index is 13.5. The third-order valence-corrected chi connectivity index (χ3v) is 13.1. The number of rotatable bonds is 9. The SMILES string of the molecule is COc1cc(C(=O)N2CC(=C(C)C)CC2C(=O)O)c([N+](=O)[O-])cc1O[Si](C(C)C)(C(C)C)C(C)C. The van der Waals surface area contributed by atoms with Crippen LogP contribution in [0.1, 0.15) is 72.2 Å². The van der Waals surface area contributed by atoms with Gasteiger partial charge in [-0.15, -0.1) is 0 Å². The van der Waals surface area contributed by atoms with Gasteiger partial charge in [0.2, 0.25) is 0 Å². The van der Waals surface area contributed by atoms with Gasteiger partial charge < -0.3 is 19.2 Å². The molecule has 194 valence electrons. The van der Waals surface area contributed by atoms with E-state index in [0.29, 0.717) is 0 Å². The highest BCUT2D eigenvalue weighted by atomic mass is 28.4. The lowest BCUT2D eigenvalue weighted by molar-refractivity contribution is -0.385. The number of hydrogen-bond acceptors (Lipinski definition) is 6. The first-order valence-corrected chi connectivity index (χ1v) is 14.1. The first kappa shape index (κ1) is 28.4. The van der Waals surface area contributed by atoms with Gasteiger partial charge in [0.15, 0.2) is 11.5 Å². The maximum atomic E-state index is 13.5. The summed E-state index contributed by atoms with van der Waals surface area (Å²) < 4.78 is 12.2. The first-order valence-electron chi connectivity index (χ1n) is 11.9. The van der Waals surface area contributed by atoms with Gasteiger partial charge in [-0.05, 0) is 36.0 Å². The zero-order valence-corrected chi connectivity index (χ0v) is 23.2. The molecule has 1 saturated heterocycles. The molecule has 1 heterocycles. The highest BCUT2D eigenvalue weighted by Gasteiger charge is 2.48. The molecule has 1 atom stereocenters. The molecular formula is C25H38N2O7Si. The molecule has 0 bridgehead atoms. The van der Waals surface area contributed by atoms with Gasteiger partial charge in [0.1, 0.15) is 11.6 Å². The third kappa shape index (κ3) is 5.37. The molecule has 0 aliphatic carbocycles. The van der Waals surface area contributed by atoms with Crippen LogP contribution in [0, 0.1) is 10.1 Å². The van der Waals surface area contributed by atoms with Crippen molar-refractivity contribution in [3.05, 3.63) is 39.0 Å². The number of ether oxygens (including phenoxy) is 1. The monoisotopic (exact) mass is 506 g/mol. The molecule has 0 aromatic heterocycles. The summed E-state index contributed by atoms with van der Waals surface area (Å²) in [4.78, 5) is 38.0. The van der Waals surface area contributed by atoms with Crippen molar-refractivity contribution < 1.29 is 28.8 Å². The summed E-state index contributed by atoms with van der Waals surface area (Å²) in [5, 5.41) is 21.8. The van der Waals surface area contributed by atoms with Gasteiger partial charge in [-0.2, -0.15) is 0 Å². The first-order chi connectivity index (χ1) is 16.2. The number of allylic oxidation sites excluding steroid dienone is 1. The van der Waals surface area contributed by atoms with Crippen molar-refractivity contribution in [3.63, 3.8) is 0 Å². The fourth-order valence-electron chi connectivity index (χ4n) is 5.33. The van der Waals surface area contributed by atoms with Crippen LogP contribution in [0.5, 0.6) is 11.5 Å². The quantitative estimate of drug-likeness (QED) is 0.195. The van der Waals surface area contributed by atoms with E-state index < -0.39 is 36.8 Å². The van der Waals surface area contributed by atoms with Crippen LogP contribution in [-0.2, 0) is 4.79 Å². The molecule has 0 saturated carbocycles. The van der Waals surface area contributed by atoms with Crippen LogP contribution >= 0.6 is 0 Å². The van der Waals surface area contributed by atoms with E-state index in [1.165, 1.54) is 24.1 Å². The second-order valence-corrected chi connectivity index (χ2v) is 15.7. The molecule has 0 spiro atoms. The van der Waals surface area contributed by atoms with Gasteiger partial charge in [0.05, 0.1) is 18.1 Å². The molecule has 0 radical (unpaired) electrons. The third-order valence-electron chi connectivity index (χ3n) is 7.13. The van der Waals surface area contributed by atoms with Crippen LogP contribution < -0.4 is 9.16 Å². The van der Waals surface area contributed by atoms with Gasteiger partial charge in [0, 0.05) is 19.0 Å². The predicted octanol–water partition coefficient (Wildman–Crippen LogP) is 5.79. The summed E-state index contributed by atoms with van der Waals surface area (Å²) in [5.41, 5.74) is 1.77. The summed E-state index contributed by atoms with van der Waals surface area (Å²) in [6, 6.07) is 1.49.